The van der Waals surface area contributed by atoms with E-state index in [1.165, 1.54) is 0 Å². The SMILES string of the molecule is COCC(C)NC(N)=NCc1cccc(OCC(C)C)c1.I. The molecule has 0 aliphatic carbocycles. The Bertz CT molecular complexity index is 453. The number of ether oxygens (including phenoxy) is 2. The summed E-state index contributed by atoms with van der Waals surface area (Å²) in [4.78, 5) is 4.33. The third kappa shape index (κ3) is 9.09. The quantitative estimate of drug-likeness (QED) is 0.385. The molecule has 3 N–H and O–H groups in total. The van der Waals surface area contributed by atoms with E-state index >= 15 is 0 Å². The van der Waals surface area contributed by atoms with E-state index in [1.807, 2.05) is 31.2 Å². The van der Waals surface area contributed by atoms with Crippen LogP contribution in [0.3, 0.4) is 0 Å². The summed E-state index contributed by atoms with van der Waals surface area (Å²) in [6.45, 7) is 8.08. The van der Waals surface area contributed by atoms with E-state index in [9.17, 15) is 0 Å². The Hall–Kier alpha value is -1.02. The maximum absolute atomic E-state index is 5.84. The topological polar surface area (TPSA) is 68.9 Å². The minimum absolute atomic E-state index is 0. The van der Waals surface area contributed by atoms with Crippen LogP contribution in [0.15, 0.2) is 29.3 Å². The second-order valence-electron chi connectivity index (χ2n) is 5.55. The minimum atomic E-state index is 0. The van der Waals surface area contributed by atoms with Crippen molar-refractivity contribution in [2.75, 3.05) is 20.3 Å². The van der Waals surface area contributed by atoms with Crippen LogP contribution in [0.25, 0.3) is 0 Å². The van der Waals surface area contributed by atoms with E-state index < -0.39 is 0 Å². The second-order valence-corrected chi connectivity index (χ2v) is 5.55. The second kappa shape index (κ2) is 11.5. The van der Waals surface area contributed by atoms with Gasteiger partial charge in [0.1, 0.15) is 5.75 Å². The number of benzene rings is 1. The van der Waals surface area contributed by atoms with E-state index in [2.05, 4.69) is 24.2 Å². The fourth-order valence-electron chi connectivity index (χ4n) is 1.76. The van der Waals surface area contributed by atoms with Crippen molar-refractivity contribution in [3.8, 4) is 5.75 Å². The highest BCUT2D eigenvalue weighted by Crippen LogP contribution is 2.15. The van der Waals surface area contributed by atoms with Gasteiger partial charge in [-0.1, -0.05) is 26.0 Å². The van der Waals surface area contributed by atoms with Gasteiger partial charge in [-0.25, -0.2) is 4.99 Å². The van der Waals surface area contributed by atoms with Crippen LogP contribution in [0.4, 0.5) is 0 Å². The average molecular weight is 421 g/mol. The number of halogens is 1. The molecule has 0 aromatic heterocycles. The van der Waals surface area contributed by atoms with E-state index in [0.717, 1.165) is 11.3 Å². The highest BCUT2D eigenvalue weighted by Gasteiger charge is 2.02. The normalized spacial score (nSPS) is 12.7. The molecule has 0 spiro atoms. The fourth-order valence-corrected chi connectivity index (χ4v) is 1.76. The molecule has 22 heavy (non-hydrogen) atoms. The lowest BCUT2D eigenvalue weighted by Gasteiger charge is -2.13. The molecule has 0 aliphatic heterocycles. The standard InChI is InChI=1S/C16H27N3O2.HI/c1-12(2)10-21-15-7-5-6-14(8-15)9-18-16(17)19-13(3)11-20-4;/h5-8,12-13H,9-11H2,1-4H3,(H3,17,18,19);1H. The van der Waals surface area contributed by atoms with Gasteiger partial charge in [0.15, 0.2) is 5.96 Å². The number of methoxy groups -OCH3 is 1. The first kappa shape index (κ1) is 21.0. The molecule has 1 rings (SSSR count). The number of hydrogen-bond acceptors (Lipinski definition) is 3. The molecule has 6 heteroatoms. The molecule has 5 nitrogen and oxygen atoms in total. The highest BCUT2D eigenvalue weighted by atomic mass is 127. The van der Waals surface area contributed by atoms with E-state index in [-0.39, 0.29) is 30.0 Å². The summed E-state index contributed by atoms with van der Waals surface area (Å²) < 4.78 is 10.7. The summed E-state index contributed by atoms with van der Waals surface area (Å²) in [6.07, 6.45) is 0. The largest absolute Gasteiger partial charge is 0.493 e. The molecule has 0 radical (unpaired) electrons. The summed E-state index contributed by atoms with van der Waals surface area (Å²) in [5.74, 6) is 1.80. The maximum atomic E-state index is 5.84. The van der Waals surface area contributed by atoms with Gasteiger partial charge in [0.2, 0.25) is 0 Å². The minimum Gasteiger partial charge on any atom is -0.493 e. The Morgan fingerprint density at radius 2 is 2.00 bits per heavy atom. The number of rotatable bonds is 8. The van der Waals surface area contributed by atoms with Gasteiger partial charge in [0.05, 0.1) is 19.8 Å². The van der Waals surface area contributed by atoms with Gasteiger partial charge >= 0.3 is 0 Å². The average Bonchev–Trinajstić information content (AvgIpc) is 2.43. The molecule has 0 aliphatic rings. The summed E-state index contributed by atoms with van der Waals surface area (Å²) in [5, 5.41) is 3.08. The van der Waals surface area contributed by atoms with Crippen molar-refractivity contribution in [2.45, 2.75) is 33.4 Å². The Kier molecular flexibility index (Phi) is 11.0. The van der Waals surface area contributed by atoms with E-state index in [4.69, 9.17) is 15.2 Å². The number of hydrogen-bond donors (Lipinski definition) is 2. The Morgan fingerprint density at radius 1 is 1.27 bits per heavy atom. The summed E-state index contributed by atoms with van der Waals surface area (Å²) in [6, 6.07) is 8.07. The molecule has 1 atom stereocenters. The van der Waals surface area contributed by atoms with Crippen molar-refractivity contribution in [3.05, 3.63) is 29.8 Å². The maximum Gasteiger partial charge on any atom is 0.189 e. The van der Waals surface area contributed by atoms with Crippen molar-refractivity contribution in [1.82, 2.24) is 5.32 Å². The lowest BCUT2D eigenvalue weighted by Crippen LogP contribution is -2.40. The van der Waals surface area contributed by atoms with Crippen LogP contribution in [0.5, 0.6) is 5.75 Å². The van der Waals surface area contributed by atoms with Crippen molar-refractivity contribution < 1.29 is 9.47 Å². The molecule has 0 heterocycles. The van der Waals surface area contributed by atoms with Gasteiger partial charge < -0.3 is 20.5 Å². The number of nitrogens with zero attached hydrogens (tertiary/aromatic N) is 1. The van der Waals surface area contributed by atoms with Crippen molar-refractivity contribution in [3.63, 3.8) is 0 Å². The lowest BCUT2D eigenvalue weighted by molar-refractivity contribution is 0.179. The zero-order valence-corrected chi connectivity index (χ0v) is 16.2. The predicted molar refractivity (Wildman–Crippen MR) is 102 cm³/mol. The molecule has 0 amide bonds. The third-order valence-corrected chi connectivity index (χ3v) is 2.72. The number of guanidine groups is 1. The first-order valence-corrected chi connectivity index (χ1v) is 7.28. The molecular weight excluding hydrogens is 393 g/mol. The molecule has 0 bridgehead atoms. The van der Waals surface area contributed by atoms with Crippen LogP contribution in [0.2, 0.25) is 0 Å². The first-order valence-electron chi connectivity index (χ1n) is 7.28. The molecule has 0 saturated heterocycles. The van der Waals surface area contributed by atoms with Crippen LogP contribution in [-0.4, -0.2) is 32.3 Å². The summed E-state index contributed by atoms with van der Waals surface area (Å²) in [7, 11) is 1.66. The van der Waals surface area contributed by atoms with E-state index in [1.54, 1.807) is 7.11 Å². The Balaban J connectivity index is 0.00000441. The molecule has 1 aromatic rings. The van der Waals surface area contributed by atoms with E-state index in [0.29, 0.717) is 31.6 Å². The zero-order chi connectivity index (χ0) is 15.7. The Labute approximate surface area is 150 Å². The number of nitrogens with two attached hydrogens (primary N) is 1. The third-order valence-electron chi connectivity index (χ3n) is 2.72. The monoisotopic (exact) mass is 421 g/mol. The van der Waals surface area contributed by atoms with Gasteiger partial charge in [-0.3, -0.25) is 0 Å². The van der Waals surface area contributed by atoms with Gasteiger partial charge in [-0.15, -0.1) is 24.0 Å². The van der Waals surface area contributed by atoms with Gasteiger partial charge in [0.25, 0.3) is 0 Å². The van der Waals surface area contributed by atoms with Gasteiger partial charge in [-0.2, -0.15) is 0 Å². The van der Waals surface area contributed by atoms with Crippen LogP contribution in [-0.2, 0) is 11.3 Å². The number of aliphatic imine (C=N–C) groups is 1. The fraction of sp³-hybridized carbons (Fsp3) is 0.562. The van der Waals surface area contributed by atoms with Crippen molar-refractivity contribution >= 4 is 29.9 Å². The molecule has 126 valence electrons. The molecule has 1 aromatic carbocycles. The lowest BCUT2D eigenvalue weighted by atomic mass is 10.2. The first-order chi connectivity index (χ1) is 10.0. The summed E-state index contributed by atoms with van der Waals surface area (Å²) in [5.41, 5.74) is 6.91. The highest BCUT2D eigenvalue weighted by molar-refractivity contribution is 14.0. The van der Waals surface area contributed by atoms with Crippen molar-refractivity contribution in [2.24, 2.45) is 16.6 Å². The van der Waals surface area contributed by atoms with Crippen LogP contribution in [0.1, 0.15) is 26.3 Å². The Morgan fingerprint density at radius 3 is 2.64 bits per heavy atom. The molecule has 0 saturated carbocycles. The molecule has 0 fully saturated rings. The molecular formula is C16H28IN3O2. The predicted octanol–water partition coefficient (Wildman–Crippen LogP) is 2.78. The number of nitrogens with one attached hydrogen (secondary N) is 1. The zero-order valence-electron chi connectivity index (χ0n) is 13.8. The van der Waals surface area contributed by atoms with Gasteiger partial charge in [-0.05, 0) is 30.5 Å². The molecule has 1 unspecified atom stereocenters. The van der Waals surface area contributed by atoms with Crippen LogP contribution >= 0.6 is 24.0 Å². The van der Waals surface area contributed by atoms with Crippen LogP contribution < -0.4 is 15.8 Å². The van der Waals surface area contributed by atoms with Gasteiger partial charge in [0, 0.05) is 13.2 Å². The van der Waals surface area contributed by atoms with Crippen molar-refractivity contribution in [1.29, 1.82) is 0 Å². The smallest absolute Gasteiger partial charge is 0.189 e. The summed E-state index contributed by atoms with van der Waals surface area (Å²) >= 11 is 0. The van der Waals surface area contributed by atoms with Crippen LogP contribution in [0, 0.1) is 5.92 Å².